The highest BCUT2D eigenvalue weighted by molar-refractivity contribution is 5.87. The Labute approximate surface area is 238 Å². The minimum atomic E-state index is -2.83. The molecule has 0 aliphatic carbocycles. The number of hydrogen-bond donors (Lipinski definition) is 0. The fourth-order valence-electron chi connectivity index (χ4n) is 6.60. The molecule has 10 nitrogen and oxygen atoms in total. The van der Waals surface area contributed by atoms with Crippen molar-refractivity contribution in [1.82, 2.24) is 34.0 Å². The van der Waals surface area contributed by atoms with E-state index in [1.54, 1.807) is 18.5 Å². The number of anilines is 1. The van der Waals surface area contributed by atoms with Crippen LogP contribution in [0.15, 0.2) is 30.6 Å². The van der Waals surface area contributed by atoms with Gasteiger partial charge in [-0.25, -0.2) is 9.38 Å². The number of alkyl halides is 2. The summed E-state index contributed by atoms with van der Waals surface area (Å²) in [4.78, 5) is 14.9. The summed E-state index contributed by atoms with van der Waals surface area (Å²) in [5, 5.41) is 8.48. The zero-order valence-electron chi connectivity index (χ0n) is 24.2. The third kappa shape index (κ3) is 5.23. The second-order valence-electron chi connectivity index (χ2n) is 11.7. The Kier molecular flexibility index (Phi) is 7.54. The van der Waals surface area contributed by atoms with Gasteiger partial charge >= 0.3 is 6.61 Å². The van der Waals surface area contributed by atoms with Gasteiger partial charge in [0.05, 0.1) is 12.6 Å². The lowest BCUT2D eigenvalue weighted by molar-refractivity contribution is -0.0498. The first-order chi connectivity index (χ1) is 19.7. The van der Waals surface area contributed by atoms with E-state index in [2.05, 4.69) is 57.0 Å². The SMILES string of the molecule is Cc1nc2c(N3C[C@@H](C)N([C@H](c4ccc(OC(F)F)cc4)C(C)C)C[C@@H]3C)nc3nncn3c2n1CC1CCCO1. The smallest absolute Gasteiger partial charge is 0.387 e. The molecule has 1 unspecified atom stereocenters. The van der Waals surface area contributed by atoms with Crippen LogP contribution in [0, 0.1) is 12.8 Å². The summed E-state index contributed by atoms with van der Waals surface area (Å²) in [6, 6.07) is 7.51. The molecule has 3 aromatic heterocycles. The molecule has 41 heavy (non-hydrogen) atoms. The van der Waals surface area contributed by atoms with Crippen LogP contribution in [0.4, 0.5) is 14.6 Å². The van der Waals surface area contributed by atoms with Gasteiger partial charge in [-0.3, -0.25) is 4.90 Å². The van der Waals surface area contributed by atoms with Gasteiger partial charge in [0.2, 0.25) is 0 Å². The minimum absolute atomic E-state index is 0.120. The van der Waals surface area contributed by atoms with Crippen molar-refractivity contribution in [3.05, 3.63) is 42.0 Å². The number of imidazole rings is 1. The Hall–Kier alpha value is -3.38. The van der Waals surface area contributed by atoms with Crippen molar-refractivity contribution in [2.45, 2.75) is 84.8 Å². The van der Waals surface area contributed by atoms with Crippen LogP contribution >= 0.6 is 0 Å². The van der Waals surface area contributed by atoms with Gasteiger partial charge in [-0.2, -0.15) is 13.8 Å². The van der Waals surface area contributed by atoms with Gasteiger partial charge < -0.3 is 18.9 Å². The van der Waals surface area contributed by atoms with Gasteiger partial charge in [0.1, 0.15) is 23.4 Å². The normalized spacial score (nSPS) is 23.0. The molecule has 4 atom stereocenters. The lowest BCUT2D eigenvalue weighted by Gasteiger charge is -2.49. The molecule has 2 fully saturated rings. The molecular formula is C29H38F2N8O2. The topological polar surface area (TPSA) is 85.8 Å². The fraction of sp³-hybridized carbons (Fsp3) is 0.586. The van der Waals surface area contributed by atoms with Gasteiger partial charge in [-0.1, -0.05) is 26.0 Å². The molecule has 4 aromatic rings. The predicted molar refractivity (Wildman–Crippen MR) is 151 cm³/mol. The maximum absolute atomic E-state index is 12.7. The molecule has 0 amide bonds. The molecule has 0 N–H and O–H groups in total. The van der Waals surface area contributed by atoms with Gasteiger partial charge in [0.15, 0.2) is 11.5 Å². The summed E-state index contributed by atoms with van der Waals surface area (Å²) in [6.07, 6.45) is 3.99. The Morgan fingerprint density at radius 3 is 2.54 bits per heavy atom. The Balaban J connectivity index is 1.32. The summed E-state index contributed by atoms with van der Waals surface area (Å²) in [5.74, 6) is 2.77. The number of nitrogens with zero attached hydrogens (tertiary/aromatic N) is 8. The van der Waals surface area contributed by atoms with E-state index >= 15 is 0 Å². The third-order valence-corrected chi connectivity index (χ3v) is 8.46. The van der Waals surface area contributed by atoms with Crippen LogP contribution in [0.3, 0.4) is 0 Å². The monoisotopic (exact) mass is 568 g/mol. The fourth-order valence-corrected chi connectivity index (χ4v) is 6.60. The van der Waals surface area contributed by atoms with Gasteiger partial charge in [-0.15, -0.1) is 10.2 Å². The molecule has 0 saturated carbocycles. The molecule has 2 aliphatic rings. The van der Waals surface area contributed by atoms with Gasteiger partial charge in [-0.05, 0) is 57.2 Å². The van der Waals surface area contributed by atoms with Crippen LogP contribution in [0.5, 0.6) is 5.75 Å². The molecule has 2 saturated heterocycles. The summed E-state index contributed by atoms with van der Waals surface area (Å²) in [5.41, 5.74) is 2.87. The number of rotatable bonds is 8. The van der Waals surface area contributed by atoms with E-state index in [4.69, 9.17) is 14.7 Å². The summed E-state index contributed by atoms with van der Waals surface area (Å²) >= 11 is 0. The van der Waals surface area contributed by atoms with E-state index in [1.165, 1.54) is 0 Å². The molecule has 220 valence electrons. The van der Waals surface area contributed by atoms with E-state index in [-0.39, 0.29) is 30.0 Å². The van der Waals surface area contributed by atoms with E-state index in [9.17, 15) is 8.78 Å². The van der Waals surface area contributed by atoms with Crippen molar-refractivity contribution in [2.24, 2.45) is 5.92 Å². The Morgan fingerprint density at radius 1 is 1.07 bits per heavy atom. The molecule has 6 rings (SSSR count). The average Bonchev–Trinajstić information content (AvgIpc) is 3.67. The number of benzene rings is 1. The van der Waals surface area contributed by atoms with Crippen molar-refractivity contribution in [2.75, 3.05) is 24.6 Å². The molecule has 0 radical (unpaired) electrons. The number of halogens is 2. The van der Waals surface area contributed by atoms with Crippen LogP contribution in [0.2, 0.25) is 0 Å². The molecule has 0 spiro atoms. The maximum Gasteiger partial charge on any atom is 0.387 e. The quantitative estimate of drug-likeness (QED) is 0.298. The largest absolute Gasteiger partial charge is 0.435 e. The average molecular weight is 569 g/mol. The standard InChI is InChI=1S/C29H38F2N8O2/c1-17(2)25(21-8-10-22(11-9-21)41-28(30)31)36-13-19(4)37(14-18(36)3)26-24-27(39-16-32-35-29(39)34-26)38(20(5)33-24)15-23-7-6-12-40-23/h8-11,16-19,23,25,28H,6-7,12-15H2,1-5H3/t18-,19+,23?,25+/m1/s1. The highest BCUT2D eigenvalue weighted by Gasteiger charge is 2.37. The second kappa shape index (κ2) is 11.1. The van der Waals surface area contributed by atoms with Crippen molar-refractivity contribution < 1.29 is 18.3 Å². The first-order valence-electron chi connectivity index (χ1n) is 14.5. The molecule has 2 aliphatic heterocycles. The number of fused-ring (bicyclic) bond motifs is 3. The van der Waals surface area contributed by atoms with Gasteiger partial charge in [0, 0.05) is 37.8 Å². The van der Waals surface area contributed by atoms with Crippen molar-refractivity contribution in [1.29, 1.82) is 0 Å². The number of hydrogen-bond acceptors (Lipinski definition) is 8. The van der Waals surface area contributed by atoms with Crippen molar-refractivity contribution in [3.8, 4) is 5.75 Å². The highest BCUT2D eigenvalue weighted by atomic mass is 19.3. The molecule has 1 aromatic carbocycles. The molecular weight excluding hydrogens is 530 g/mol. The van der Waals surface area contributed by atoms with E-state index in [1.807, 2.05) is 23.5 Å². The van der Waals surface area contributed by atoms with Crippen LogP contribution in [-0.2, 0) is 11.3 Å². The highest BCUT2D eigenvalue weighted by Crippen LogP contribution is 2.37. The van der Waals surface area contributed by atoms with Crippen LogP contribution in [-0.4, -0.2) is 78.5 Å². The molecule has 0 bridgehead atoms. The van der Waals surface area contributed by atoms with Crippen LogP contribution < -0.4 is 9.64 Å². The zero-order chi connectivity index (χ0) is 28.8. The number of piperazine rings is 1. The molecule has 12 heteroatoms. The van der Waals surface area contributed by atoms with Crippen LogP contribution in [0.1, 0.15) is 58.0 Å². The first-order valence-corrected chi connectivity index (χ1v) is 14.5. The summed E-state index contributed by atoms with van der Waals surface area (Å²) in [6.45, 7) is 11.1. The van der Waals surface area contributed by atoms with Gasteiger partial charge in [0.25, 0.3) is 5.78 Å². The minimum Gasteiger partial charge on any atom is -0.435 e. The predicted octanol–water partition coefficient (Wildman–Crippen LogP) is 4.86. The lowest BCUT2D eigenvalue weighted by Crippen LogP contribution is -2.58. The number of aromatic nitrogens is 6. The molecule has 5 heterocycles. The number of ether oxygens (including phenoxy) is 2. The number of aryl methyl sites for hydroxylation is 1. The lowest BCUT2D eigenvalue weighted by atomic mass is 9.91. The summed E-state index contributed by atoms with van der Waals surface area (Å²) in [7, 11) is 0. The summed E-state index contributed by atoms with van der Waals surface area (Å²) < 4.78 is 40.0. The van der Waals surface area contributed by atoms with Crippen molar-refractivity contribution >= 4 is 22.8 Å². The third-order valence-electron chi connectivity index (χ3n) is 8.46. The Bertz CT molecular complexity index is 1500. The Morgan fingerprint density at radius 2 is 1.85 bits per heavy atom. The second-order valence-corrected chi connectivity index (χ2v) is 11.7. The maximum atomic E-state index is 12.7. The van der Waals surface area contributed by atoms with E-state index in [0.717, 1.165) is 67.5 Å². The zero-order valence-corrected chi connectivity index (χ0v) is 24.2. The first kappa shape index (κ1) is 27.8. The van der Waals surface area contributed by atoms with E-state index in [0.29, 0.717) is 11.7 Å². The van der Waals surface area contributed by atoms with Crippen LogP contribution in [0.25, 0.3) is 16.9 Å². The van der Waals surface area contributed by atoms with E-state index < -0.39 is 6.61 Å². The van der Waals surface area contributed by atoms with Crippen molar-refractivity contribution in [3.63, 3.8) is 0 Å².